The van der Waals surface area contributed by atoms with Gasteiger partial charge in [-0.2, -0.15) is 0 Å². The van der Waals surface area contributed by atoms with E-state index in [1.807, 2.05) is 30.3 Å². The number of aromatic amines is 1. The minimum absolute atomic E-state index is 0.324. The van der Waals surface area contributed by atoms with Crippen LogP contribution in [-0.2, 0) is 42.9 Å². The summed E-state index contributed by atoms with van der Waals surface area (Å²) in [5.74, 6) is -1.80. The number of carbonyl (C=O) groups excluding carboxylic acids is 4. The lowest BCUT2D eigenvalue weighted by molar-refractivity contribution is -0.288. The van der Waals surface area contributed by atoms with Crippen molar-refractivity contribution in [3.05, 3.63) is 60.8 Å². The van der Waals surface area contributed by atoms with E-state index in [1.54, 1.807) is 30.5 Å². The molecule has 12 heteroatoms. The Morgan fingerprint density at radius 3 is 1.98 bits per heavy atom. The number of esters is 4. The molecule has 0 unspecified atom stereocenters. The standard InChI is InChI=1S/C29H30N2O10/c1-16(32)36-15-24-25(37-17(2)33)26(38-18(3)34)27(39-19(4)35)29(41-24)40-22-12-10-21(11-13-22)28-30-14-23(31-28)20-8-6-5-7-9-20/h5-14,24-27,29H,15H2,1-4H3,(H,30,31)/t24-,25-,26+,27-,29-/m1/s1. The zero-order chi connectivity index (χ0) is 29.5. The van der Waals surface area contributed by atoms with Crippen LogP contribution in [0.4, 0.5) is 0 Å². The van der Waals surface area contributed by atoms with Gasteiger partial charge in [-0.15, -0.1) is 0 Å². The molecular formula is C29H30N2O10. The van der Waals surface area contributed by atoms with E-state index in [4.69, 9.17) is 28.4 Å². The number of carbonyl (C=O) groups is 4. The van der Waals surface area contributed by atoms with Crippen LogP contribution in [0.1, 0.15) is 27.7 Å². The second-order valence-corrected chi connectivity index (χ2v) is 9.22. The van der Waals surface area contributed by atoms with Gasteiger partial charge in [0.15, 0.2) is 12.2 Å². The van der Waals surface area contributed by atoms with E-state index < -0.39 is 54.6 Å². The fourth-order valence-corrected chi connectivity index (χ4v) is 4.34. The predicted octanol–water partition coefficient (Wildman–Crippen LogP) is 3.21. The van der Waals surface area contributed by atoms with Crippen molar-refractivity contribution in [2.45, 2.75) is 58.4 Å². The molecule has 1 fully saturated rings. The van der Waals surface area contributed by atoms with Gasteiger partial charge in [-0.05, 0) is 29.8 Å². The number of aromatic nitrogens is 2. The maximum Gasteiger partial charge on any atom is 0.303 e. The SMILES string of the molecule is CC(=O)OC[C@H]1O[C@@H](Oc2ccc(-c3ncc(-c4ccccc4)[nH]3)cc2)[C@H](OC(C)=O)[C@@H](OC(C)=O)[C@@H]1OC(C)=O. The lowest BCUT2D eigenvalue weighted by atomic mass is 9.98. The van der Waals surface area contributed by atoms with E-state index in [0.29, 0.717) is 11.6 Å². The number of rotatable bonds is 9. The number of imidazole rings is 1. The third kappa shape index (κ3) is 7.70. The van der Waals surface area contributed by atoms with Crippen LogP contribution in [-0.4, -0.2) is 71.2 Å². The molecule has 12 nitrogen and oxygen atoms in total. The zero-order valence-electron chi connectivity index (χ0n) is 22.9. The smallest absolute Gasteiger partial charge is 0.303 e. The first-order chi connectivity index (χ1) is 19.6. The molecule has 0 saturated carbocycles. The quantitative estimate of drug-likeness (QED) is 0.300. The Labute approximate surface area is 235 Å². The van der Waals surface area contributed by atoms with Crippen LogP contribution in [0.15, 0.2) is 60.8 Å². The maximum atomic E-state index is 12.0. The zero-order valence-corrected chi connectivity index (χ0v) is 22.9. The predicted molar refractivity (Wildman–Crippen MR) is 142 cm³/mol. The molecule has 41 heavy (non-hydrogen) atoms. The normalized spacial score (nSPS) is 21.8. The van der Waals surface area contributed by atoms with Crippen molar-refractivity contribution in [3.8, 4) is 28.4 Å². The van der Waals surface area contributed by atoms with Gasteiger partial charge in [0, 0.05) is 33.3 Å². The first kappa shape index (κ1) is 29.3. The van der Waals surface area contributed by atoms with Crippen molar-refractivity contribution >= 4 is 23.9 Å². The molecule has 5 atom stereocenters. The average molecular weight is 567 g/mol. The largest absolute Gasteiger partial charge is 0.463 e. The molecule has 0 amide bonds. The Balaban J connectivity index is 1.59. The van der Waals surface area contributed by atoms with Crippen molar-refractivity contribution < 1.29 is 47.6 Å². The van der Waals surface area contributed by atoms with Crippen LogP contribution in [0.2, 0.25) is 0 Å². The van der Waals surface area contributed by atoms with Crippen molar-refractivity contribution in [2.24, 2.45) is 0 Å². The molecule has 0 radical (unpaired) electrons. The van der Waals surface area contributed by atoms with E-state index in [-0.39, 0.29) is 6.61 Å². The number of H-pyrrole nitrogens is 1. The van der Waals surface area contributed by atoms with Crippen LogP contribution in [0.5, 0.6) is 5.75 Å². The van der Waals surface area contributed by atoms with Gasteiger partial charge in [-0.1, -0.05) is 30.3 Å². The summed E-state index contributed by atoms with van der Waals surface area (Å²) < 4.78 is 33.3. The highest BCUT2D eigenvalue weighted by molar-refractivity contribution is 5.69. The molecule has 1 aliphatic heterocycles. The van der Waals surface area contributed by atoms with Gasteiger partial charge in [-0.25, -0.2) is 4.98 Å². The number of ether oxygens (including phenoxy) is 6. The third-order valence-electron chi connectivity index (χ3n) is 5.99. The van der Waals surface area contributed by atoms with Crippen molar-refractivity contribution in [1.82, 2.24) is 9.97 Å². The number of nitrogens with one attached hydrogen (secondary N) is 1. The molecule has 2 aromatic carbocycles. The summed E-state index contributed by atoms with van der Waals surface area (Å²) in [7, 11) is 0. The molecule has 4 rings (SSSR count). The monoisotopic (exact) mass is 566 g/mol. The highest BCUT2D eigenvalue weighted by Gasteiger charge is 2.53. The van der Waals surface area contributed by atoms with E-state index in [0.717, 1.165) is 37.6 Å². The summed E-state index contributed by atoms with van der Waals surface area (Å²) in [6, 6.07) is 16.6. The molecule has 1 aromatic heterocycles. The molecule has 1 N–H and O–H groups in total. The number of nitrogens with zero attached hydrogens (tertiary/aromatic N) is 1. The lowest BCUT2D eigenvalue weighted by Crippen LogP contribution is -2.63. The van der Waals surface area contributed by atoms with Crippen LogP contribution >= 0.6 is 0 Å². The first-order valence-electron chi connectivity index (χ1n) is 12.8. The van der Waals surface area contributed by atoms with Gasteiger partial charge in [-0.3, -0.25) is 19.2 Å². The average Bonchev–Trinajstić information content (AvgIpc) is 3.41. The molecule has 1 aliphatic rings. The van der Waals surface area contributed by atoms with Gasteiger partial charge >= 0.3 is 23.9 Å². The van der Waals surface area contributed by atoms with Gasteiger partial charge < -0.3 is 33.4 Å². The maximum absolute atomic E-state index is 12.0. The summed E-state index contributed by atoms with van der Waals surface area (Å²) in [5.41, 5.74) is 2.63. The fraction of sp³-hybridized carbons (Fsp3) is 0.345. The van der Waals surface area contributed by atoms with Crippen LogP contribution in [0.3, 0.4) is 0 Å². The van der Waals surface area contributed by atoms with E-state index in [2.05, 4.69) is 9.97 Å². The summed E-state index contributed by atoms with van der Waals surface area (Å²) in [6.07, 6.45) is -4.60. The van der Waals surface area contributed by atoms with E-state index in [9.17, 15) is 19.2 Å². The van der Waals surface area contributed by atoms with Crippen molar-refractivity contribution in [3.63, 3.8) is 0 Å². The number of benzene rings is 2. The molecule has 0 bridgehead atoms. The first-order valence-corrected chi connectivity index (χ1v) is 12.8. The summed E-state index contributed by atoms with van der Waals surface area (Å²) in [6.45, 7) is 4.32. The highest BCUT2D eigenvalue weighted by atomic mass is 16.7. The summed E-state index contributed by atoms with van der Waals surface area (Å²) in [4.78, 5) is 55.1. The van der Waals surface area contributed by atoms with Crippen LogP contribution in [0, 0.1) is 0 Å². The second-order valence-electron chi connectivity index (χ2n) is 9.22. The minimum Gasteiger partial charge on any atom is -0.463 e. The van der Waals surface area contributed by atoms with E-state index >= 15 is 0 Å². The fourth-order valence-electron chi connectivity index (χ4n) is 4.34. The van der Waals surface area contributed by atoms with Crippen molar-refractivity contribution in [1.29, 1.82) is 0 Å². The van der Waals surface area contributed by atoms with Gasteiger partial charge in [0.05, 0.1) is 11.9 Å². The third-order valence-corrected chi connectivity index (χ3v) is 5.99. The van der Waals surface area contributed by atoms with Crippen LogP contribution in [0.25, 0.3) is 22.6 Å². The Morgan fingerprint density at radius 1 is 0.756 bits per heavy atom. The Kier molecular flexibility index (Phi) is 9.35. The van der Waals surface area contributed by atoms with Gasteiger partial charge in [0.25, 0.3) is 0 Å². The summed E-state index contributed by atoms with van der Waals surface area (Å²) in [5, 5.41) is 0. The lowest BCUT2D eigenvalue weighted by Gasteiger charge is -2.43. The molecule has 3 aromatic rings. The Hall–Kier alpha value is -4.71. The molecule has 0 aliphatic carbocycles. The summed E-state index contributed by atoms with van der Waals surface area (Å²) >= 11 is 0. The van der Waals surface area contributed by atoms with Crippen LogP contribution < -0.4 is 4.74 Å². The number of hydrogen-bond acceptors (Lipinski definition) is 11. The molecule has 2 heterocycles. The number of hydrogen-bond donors (Lipinski definition) is 1. The van der Waals surface area contributed by atoms with E-state index in [1.165, 1.54) is 6.92 Å². The molecule has 1 saturated heterocycles. The topological polar surface area (TPSA) is 152 Å². The van der Waals surface area contributed by atoms with Crippen molar-refractivity contribution in [2.75, 3.05) is 6.61 Å². The second kappa shape index (κ2) is 13.1. The Morgan fingerprint density at radius 2 is 1.37 bits per heavy atom. The molecular weight excluding hydrogens is 536 g/mol. The van der Waals surface area contributed by atoms with Gasteiger partial charge in [0.1, 0.15) is 24.3 Å². The van der Waals surface area contributed by atoms with Gasteiger partial charge in [0.2, 0.25) is 12.4 Å². The molecule has 216 valence electrons. The highest BCUT2D eigenvalue weighted by Crippen LogP contribution is 2.32. The Bertz CT molecular complexity index is 1370. The molecule has 0 spiro atoms. The minimum atomic E-state index is -1.33.